The molecule has 0 radical (unpaired) electrons. The van der Waals surface area contributed by atoms with E-state index in [2.05, 4.69) is 33.9 Å². The van der Waals surface area contributed by atoms with Gasteiger partial charge in [-0.1, -0.05) is 24.3 Å². The van der Waals surface area contributed by atoms with Gasteiger partial charge in [0.2, 0.25) is 0 Å². The number of benzene rings is 2. The Kier molecular flexibility index (Phi) is 4.58. The van der Waals surface area contributed by atoms with Crippen molar-refractivity contribution in [3.63, 3.8) is 0 Å². The van der Waals surface area contributed by atoms with Crippen LogP contribution in [0.5, 0.6) is 5.75 Å². The molecule has 0 fully saturated rings. The second kappa shape index (κ2) is 7.17. The minimum atomic E-state index is -0.151. The van der Waals surface area contributed by atoms with Crippen molar-refractivity contribution in [2.45, 2.75) is 19.6 Å². The smallest absolute Gasteiger partial charge is 0.258 e. The van der Waals surface area contributed by atoms with Crippen LogP contribution in [0, 0.1) is 6.92 Å². The van der Waals surface area contributed by atoms with Crippen LogP contribution >= 0.6 is 0 Å². The average Bonchev–Trinajstić information content (AvgIpc) is 3.04. The number of fused-ring (bicyclic) bond motifs is 3. The molecule has 0 aliphatic carbocycles. The first-order chi connectivity index (χ1) is 12.7. The van der Waals surface area contributed by atoms with E-state index in [1.54, 1.807) is 0 Å². The Bertz CT molecular complexity index is 921. The topological polar surface area (TPSA) is 65.4 Å². The molecule has 2 heterocycles. The zero-order valence-electron chi connectivity index (χ0n) is 14.6. The van der Waals surface area contributed by atoms with Crippen molar-refractivity contribution in [1.82, 2.24) is 14.9 Å². The summed E-state index contributed by atoms with van der Waals surface area (Å²) in [7, 11) is 0. The highest BCUT2D eigenvalue weighted by molar-refractivity contribution is 5.78. The van der Waals surface area contributed by atoms with Crippen molar-refractivity contribution < 1.29 is 14.3 Å². The summed E-state index contributed by atoms with van der Waals surface area (Å²) < 4.78 is 13.3. The van der Waals surface area contributed by atoms with Gasteiger partial charge in [0.05, 0.1) is 23.7 Å². The van der Waals surface area contributed by atoms with Gasteiger partial charge >= 0.3 is 0 Å². The third kappa shape index (κ3) is 3.41. The van der Waals surface area contributed by atoms with E-state index in [0.717, 1.165) is 16.9 Å². The van der Waals surface area contributed by atoms with E-state index in [1.807, 2.05) is 36.4 Å². The van der Waals surface area contributed by atoms with Gasteiger partial charge in [-0.3, -0.25) is 4.79 Å². The van der Waals surface area contributed by atoms with Crippen LogP contribution in [0.1, 0.15) is 17.4 Å². The van der Waals surface area contributed by atoms with E-state index in [0.29, 0.717) is 25.5 Å². The normalized spacial score (nSPS) is 16.3. The molecule has 6 heteroatoms. The van der Waals surface area contributed by atoms with Crippen LogP contribution in [0.4, 0.5) is 0 Å². The number of para-hydroxylation sites is 1. The zero-order valence-corrected chi connectivity index (χ0v) is 14.6. The predicted molar refractivity (Wildman–Crippen MR) is 98.1 cm³/mol. The quantitative estimate of drug-likeness (QED) is 0.767. The number of hydrogen-bond acceptors (Lipinski definition) is 4. The lowest BCUT2D eigenvalue weighted by Gasteiger charge is -2.26. The van der Waals surface area contributed by atoms with Gasteiger partial charge in [0.1, 0.15) is 18.2 Å². The molecule has 0 saturated carbocycles. The van der Waals surface area contributed by atoms with Crippen molar-refractivity contribution in [3.8, 4) is 5.75 Å². The fourth-order valence-corrected chi connectivity index (χ4v) is 3.22. The van der Waals surface area contributed by atoms with E-state index < -0.39 is 0 Å². The number of carbonyl (C=O) groups is 1. The lowest BCUT2D eigenvalue weighted by Crippen LogP contribution is -2.37. The number of aromatic nitrogens is 2. The van der Waals surface area contributed by atoms with Gasteiger partial charge in [0, 0.05) is 6.54 Å². The number of carbonyl (C=O) groups excluding carboxylic acids is 1. The predicted octanol–water partition coefficient (Wildman–Crippen LogP) is 2.61. The lowest BCUT2D eigenvalue weighted by molar-refractivity contribution is -0.123. The van der Waals surface area contributed by atoms with Crippen molar-refractivity contribution in [2.24, 2.45) is 0 Å². The fraction of sp³-hybridized carbons (Fsp3) is 0.300. The standard InChI is InChI=1S/C20H21N3O3/c1-14-7-8-17-18(9-14)23-15(11-25-12-19(23)22-17)10-21-20(24)13-26-16-5-3-2-4-6-16/h2-9,15H,10-13H2,1H3,(H,21,24)/t15-/m0/s1. The number of hydrogen-bond donors (Lipinski definition) is 1. The van der Waals surface area contributed by atoms with Gasteiger partial charge in [0.25, 0.3) is 5.91 Å². The van der Waals surface area contributed by atoms with Gasteiger partial charge in [-0.05, 0) is 36.8 Å². The minimum absolute atomic E-state index is 0.00572. The van der Waals surface area contributed by atoms with E-state index in [9.17, 15) is 4.79 Å². The number of ether oxygens (including phenoxy) is 2. The molecule has 2 aromatic carbocycles. The van der Waals surface area contributed by atoms with Crippen LogP contribution in [0.2, 0.25) is 0 Å². The Morgan fingerprint density at radius 2 is 2.15 bits per heavy atom. The number of nitrogens with one attached hydrogen (secondary N) is 1. The maximum absolute atomic E-state index is 12.1. The molecule has 1 aliphatic rings. The van der Waals surface area contributed by atoms with Crippen molar-refractivity contribution in [1.29, 1.82) is 0 Å². The lowest BCUT2D eigenvalue weighted by atomic mass is 10.2. The second-order valence-electron chi connectivity index (χ2n) is 6.46. The molecular weight excluding hydrogens is 330 g/mol. The zero-order chi connectivity index (χ0) is 17.9. The Balaban J connectivity index is 1.42. The summed E-state index contributed by atoms with van der Waals surface area (Å²) in [6.45, 7) is 3.58. The molecule has 0 saturated heterocycles. The second-order valence-corrected chi connectivity index (χ2v) is 6.46. The largest absolute Gasteiger partial charge is 0.484 e. The SMILES string of the molecule is Cc1ccc2nc3n(c2c1)[C@@H](CNC(=O)COc1ccccc1)COC3. The van der Waals surface area contributed by atoms with Crippen LogP contribution in [0.25, 0.3) is 11.0 Å². The van der Waals surface area contributed by atoms with Crippen molar-refractivity contribution in [3.05, 3.63) is 59.9 Å². The Morgan fingerprint density at radius 1 is 1.31 bits per heavy atom. The number of nitrogens with zero attached hydrogens (tertiary/aromatic N) is 2. The van der Waals surface area contributed by atoms with Gasteiger partial charge in [-0.15, -0.1) is 0 Å². The van der Waals surface area contributed by atoms with Crippen LogP contribution in [-0.4, -0.2) is 35.2 Å². The molecule has 0 unspecified atom stereocenters. The van der Waals surface area contributed by atoms with Crippen molar-refractivity contribution in [2.75, 3.05) is 19.8 Å². The number of aryl methyl sites for hydroxylation is 1. The molecule has 4 rings (SSSR count). The van der Waals surface area contributed by atoms with E-state index >= 15 is 0 Å². The van der Waals surface area contributed by atoms with Gasteiger partial charge in [-0.2, -0.15) is 0 Å². The van der Waals surface area contributed by atoms with Crippen LogP contribution < -0.4 is 10.1 Å². The van der Waals surface area contributed by atoms with Crippen LogP contribution in [0.15, 0.2) is 48.5 Å². The van der Waals surface area contributed by atoms with E-state index in [4.69, 9.17) is 9.47 Å². The molecule has 3 aromatic rings. The minimum Gasteiger partial charge on any atom is -0.484 e. The monoisotopic (exact) mass is 351 g/mol. The fourth-order valence-electron chi connectivity index (χ4n) is 3.22. The van der Waals surface area contributed by atoms with Gasteiger partial charge < -0.3 is 19.4 Å². The number of amides is 1. The first kappa shape index (κ1) is 16.6. The number of imidazole rings is 1. The Labute approximate surface area is 151 Å². The summed E-state index contributed by atoms with van der Waals surface area (Å²) >= 11 is 0. The summed E-state index contributed by atoms with van der Waals surface area (Å²) in [6.07, 6.45) is 0. The molecule has 6 nitrogen and oxygen atoms in total. The maximum atomic E-state index is 12.1. The summed E-state index contributed by atoms with van der Waals surface area (Å²) in [6, 6.07) is 15.5. The van der Waals surface area contributed by atoms with Gasteiger partial charge in [0.15, 0.2) is 6.61 Å². The summed E-state index contributed by atoms with van der Waals surface area (Å²) in [5, 5.41) is 2.94. The van der Waals surface area contributed by atoms with Crippen molar-refractivity contribution >= 4 is 16.9 Å². The molecule has 26 heavy (non-hydrogen) atoms. The van der Waals surface area contributed by atoms with Crippen LogP contribution in [0.3, 0.4) is 0 Å². The van der Waals surface area contributed by atoms with E-state index in [-0.39, 0.29) is 18.6 Å². The van der Waals surface area contributed by atoms with E-state index in [1.165, 1.54) is 5.56 Å². The molecule has 0 bridgehead atoms. The molecule has 1 amide bonds. The highest BCUT2D eigenvalue weighted by Gasteiger charge is 2.24. The molecule has 0 spiro atoms. The summed E-state index contributed by atoms with van der Waals surface area (Å²) in [4.78, 5) is 16.8. The number of rotatable bonds is 5. The molecule has 134 valence electrons. The highest BCUT2D eigenvalue weighted by Crippen LogP contribution is 2.26. The molecular formula is C20H21N3O3. The summed E-state index contributed by atoms with van der Waals surface area (Å²) in [5.74, 6) is 1.43. The molecule has 1 atom stereocenters. The van der Waals surface area contributed by atoms with Gasteiger partial charge in [-0.25, -0.2) is 4.98 Å². The third-order valence-corrected chi connectivity index (χ3v) is 4.47. The third-order valence-electron chi connectivity index (χ3n) is 4.47. The molecule has 1 N–H and O–H groups in total. The first-order valence-corrected chi connectivity index (χ1v) is 8.70. The maximum Gasteiger partial charge on any atom is 0.258 e. The Morgan fingerprint density at radius 3 is 3.00 bits per heavy atom. The van der Waals surface area contributed by atoms with Crippen LogP contribution in [-0.2, 0) is 16.1 Å². The first-order valence-electron chi connectivity index (χ1n) is 8.70. The Hall–Kier alpha value is -2.86. The highest BCUT2D eigenvalue weighted by atomic mass is 16.5. The average molecular weight is 351 g/mol. The summed E-state index contributed by atoms with van der Waals surface area (Å²) in [5.41, 5.74) is 3.23. The molecule has 1 aromatic heterocycles. The molecule has 1 aliphatic heterocycles.